The molecule has 0 fully saturated rings. The van der Waals surface area contributed by atoms with E-state index in [1.807, 2.05) is 0 Å². The molecule has 0 aromatic heterocycles. The Kier molecular flexibility index (Phi) is 9.31. The molecule has 2 heterocycles. The Morgan fingerprint density at radius 2 is 1.11 bits per heavy atom. The lowest BCUT2D eigenvalue weighted by molar-refractivity contribution is -0.400. The van der Waals surface area contributed by atoms with E-state index in [1.165, 1.54) is 84.7 Å². The molecule has 4 aromatic carbocycles. The zero-order valence-corrected chi connectivity index (χ0v) is 28.1. The van der Waals surface area contributed by atoms with Crippen LogP contribution < -0.4 is 10.9 Å². The van der Waals surface area contributed by atoms with E-state index >= 15 is 0 Å². The molecule has 0 spiro atoms. The van der Waals surface area contributed by atoms with Crippen molar-refractivity contribution < 1.29 is 9.15 Å². The van der Waals surface area contributed by atoms with Crippen LogP contribution in [0.2, 0.25) is 0 Å². The molecule has 0 saturated heterocycles. The minimum Gasteiger partial charge on any atom is -0.198 e. The van der Waals surface area contributed by atoms with Gasteiger partial charge in [-0.1, -0.05) is 88.3 Å². The van der Waals surface area contributed by atoms with Crippen molar-refractivity contribution in [2.75, 3.05) is 14.1 Å². The molecule has 2 aliphatic rings. The van der Waals surface area contributed by atoms with E-state index < -0.39 is 0 Å². The van der Waals surface area contributed by atoms with Crippen LogP contribution in [0.3, 0.4) is 0 Å². The maximum Gasteiger partial charge on any atom is 0.208 e. The number of aryl methyl sites for hydroxylation is 2. The Balaban J connectivity index is 1.12. The molecular weight excluding hydrogens is 540 g/mol. The summed E-state index contributed by atoms with van der Waals surface area (Å²) in [5.41, 5.74) is 19.8. The Morgan fingerprint density at radius 1 is 0.600 bits per heavy atom. The number of benzene rings is 4. The third-order valence-electron chi connectivity index (χ3n) is 10.3. The molecule has 2 aliphatic heterocycles. The highest BCUT2D eigenvalue weighted by molar-refractivity contribution is 6.98. The number of hydrogen-bond acceptors (Lipinski definition) is 0. The quantitative estimate of drug-likeness (QED) is 0.199. The molecule has 0 saturated carbocycles. The maximum atomic E-state index is 2.39. The average Bonchev–Trinajstić information content (AvgIpc) is 3.56. The van der Waals surface area contributed by atoms with Crippen LogP contribution in [0.1, 0.15) is 50.9 Å². The van der Waals surface area contributed by atoms with E-state index in [1.54, 1.807) is 0 Å². The van der Waals surface area contributed by atoms with Gasteiger partial charge < -0.3 is 0 Å². The van der Waals surface area contributed by atoms with Gasteiger partial charge in [-0.2, -0.15) is 9.15 Å². The summed E-state index contributed by atoms with van der Waals surface area (Å²) in [5, 5.41) is 0. The van der Waals surface area contributed by atoms with Crippen molar-refractivity contribution in [1.29, 1.82) is 0 Å². The predicted molar refractivity (Wildman–Crippen MR) is 205 cm³/mol. The largest absolute Gasteiger partial charge is 0.208 e. The van der Waals surface area contributed by atoms with E-state index in [9.17, 15) is 0 Å². The van der Waals surface area contributed by atoms with Gasteiger partial charge in [0.05, 0.1) is 28.3 Å². The number of para-hydroxylation sites is 2. The Hall–Kier alpha value is -4.04. The van der Waals surface area contributed by atoms with Crippen molar-refractivity contribution in [1.82, 2.24) is 0 Å². The number of hydrogen-bond donors (Lipinski definition) is 0. The molecular formula is C39H44B4N2+2. The summed E-state index contributed by atoms with van der Waals surface area (Å²) in [5.74, 6) is 0. The summed E-state index contributed by atoms with van der Waals surface area (Å²) in [6.07, 6.45) is 14.7. The first-order valence-corrected chi connectivity index (χ1v) is 16.8. The summed E-state index contributed by atoms with van der Waals surface area (Å²) in [6, 6.07) is 26.9. The lowest BCUT2D eigenvalue weighted by Gasteiger charge is -2.16. The second kappa shape index (κ2) is 13.5. The Labute approximate surface area is 273 Å². The zero-order chi connectivity index (χ0) is 31.5. The lowest BCUT2D eigenvalue weighted by Crippen LogP contribution is -2.24. The minimum atomic E-state index is 1.00. The van der Waals surface area contributed by atoms with Gasteiger partial charge in [-0.05, 0) is 62.0 Å². The number of allylic oxidation sites excluding steroid dienone is 2. The third kappa shape index (κ3) is 6.25. The monoisotopic (exact) mass is 584 g/mol. The summed E-state index contributed by atoms with van der Waals surface area (Å²) in [7, 11) is 11.1. The molecule has 220 valence electrons. The van der Waals surface area contributed by atoms with Crippen molar-refractivity contribution in [3.05, 3.63) is 129 Å². The van der Waals surface area contributed by atoms with Crippen LogP contribution in [0.4, 0.5) is 11.4 Å². The van der Waals surface area contributed by atoms with Crippen LogP contribution in [0, 0.1) is 13.8 Å². The van der Waals surface area contributed by atoms with E-state index in [-0.39, 0.29) is 0 Å². The van der Waals surface area contributed by atoms with E-state index in [2.05, 4.69) is 150 Å². The van der Waals surface area contributed by atoms with Gasteiger partial charge in [0.2, 0.25) is 11.4 Å². The number of fused-ring (bicyclic) bond motifs is 2. The van der Waals surface area contributed by atoms with Crippen LogP contribution in [0.15, 0.2) is 84.9 Å². The van der Waals surface area contributed by atoms with Gasteiger partial charge in [0.1, 0.15) is 28.4 Å². The van der Waals surface area contributed by atoms with Crippen molar-refractivity contribution in [3.63, 3.8) is 0 Å². The maximum absolute atomic E-state index is 2.39. The number of rotatable bonds is 10. The van der Waals surface area contributed by atoms with Gasteiger partial charge in [0.15, 0.2) is 11.4 Å². The van der Waals surface area contributed by atoms with E-state index in [4.69, 9.17) is 0 Å². The molecule has 0 atom stereocenters. The molecule has 0 unspecified atom stereocenters. The fourth-order valence-corrected chi connectivity index (χ4v) is 7.56. The van der Waals surface area contributed by atoms with Gasteiger partial charge in [-0.15, -0.1) is 0 Å². The first kappa shape index (κ1) is 31.0. The molecule has 0 bridgehead atoms. The summed E-state index contributed by atoms with van der Waals surface area (Å²) in [4.78, 5) is 0. The van der Waals surface area contributed by atoms with E-state index in [0.29, 0.717) is 0 Å². The van der Waals surface area contributed by atoms with Crippen LogP contribution >= 0.6 is 0 Å². The molecule has 4 aromatic rings. The van der Waals surface area contributed by atoms with Crippen LogP contribution in [-0.2, 0) is 25.7 Å². The molecule has 6 heteroatoms. The topological polar surface area (TPSA) is 6.02 Å². The van der Waals surface area contributed by atoms with Crippen LogP contribution in [0.5, 0.6) is 0 Å². The standard InChI is InChI=1S/C39H44B4N2/c1-26-28(16-19-31(39(26)43-41)21-23-35-25-33-11-6-8-15-37(33)45(35)4)12-9-13-30-18-17-29(27(2)38(30)42-40)20-22-34-24-32-10-5-7-14-36(32)44(34)3/h5-8,10-11,14-23,42-43H,9,12-13,24-25,40-41H2,1-4H3/q+2/b22-20+,23-21+. The SMILES string of the molecule is BBc1c(/C=C/C2=[N+](C)c3ccccc3C2)ccc(CCCc2ccc(/C=C/C3=[N+](C)c4ccccc4C3)c(C)c2BB)c1C. The summed E-state index contributed by atoms with van der Waals surface area (Å²) < 4.78 is 4.66. The van der Waals surface area contributed by atoms with Gasteiger partial charge >= 0.3 is 0 Å². The zero-order valence-electron chi connectivity index (χ0n) is 28.1. The lowest BCUT2D eigenvalue weighted by atomic mass is 9.48. The fourth-order valence-electron chi connectivity index (χ4n) is 7.56. The second-order valence-electron chi connectivity index (χ2n) is 12.8. The Bertz CT molecular complexity index is 1900. The van der Waals surface area contributed by atoms with Gasteiger partial charge in [0.25, 0.3) is 0 Å². The first-order chi connectivity index (χ1) is 21.9. The second-order valence-corrected chi connectivity index (χ2v) is 12.8. The van der Waals surface area contributed by atoms with Gasteiger partial charge in [-0.3, -0.25) is 0 Å². The molecule has 2 nitrogen and oxygen atoms in total. The summed E-state index contributed by atoms with van der Waals surface area (Å²) >= 11 is 0. The smallest absolute Gasteiger partial charge is 0.198 e. The van der Waals surface area contributed by atoms with Crippen molar-refractivity contribution >= 4 is 75.7 Å². The minimum absolute atomic E-state index is 1.00. The van der Waals surface area contributed by atoms with Crippen molar-refractivity contribution in [3.8, 4) is 0 Å². The van der Waals surface area contributed by atoms with Crippen molar-refractivity contribution in [2.24, 2.45) is 0 Å². The molecule has 0 radical (unpaired) electrons. The van der Waals surface area contributed by atoms with E-state index in [0.717, 1.165) is 40.0 Å². The van der Waals surface area contributed by atoms with Gasteiger partial charge in [-0.25, -0.2) is 0 Å². The third-order valence-corrected chi connectivity index (χ3v) is 10.3. The fraction of sp³-hybridized carbons (Fsp3) is 0.231. The molecule has 0 amide bonds. The Morgan fingerprint density at radius 3 is 1.69 bits per heavy atom. The van der Waals surface area contributed by atoms with Crippen LogP contribution in [0.25, 0.3) is 12.2 Å². The highest BCUT2D eigenvalue weighted by Crippen LogP contribution is 2.26. The molecule has 45 heavy (non-hydrogen) atoms. The normalized spacial score (nSPS) is 14.1. The highest BCUT2D eigenvalue weighted by atomic mass is 15.0. The van der Waals surface area contributed by atoms with Crippen LogP contribution in [-0.4, -0.2) is 64.5 Å². The first-order valence-electron chi connectivity index (χ1n) is 16.8. The number of nitrogens with zero attached hydrogens (tertiary/aromatic N) is 2. The van der Waals surface area contributed by atoms with Gasteiger partial charge in [0, 0.05) is 35.4 Å². The predicted octanol–water partition coefficient (Wildman–Crippen LogP) is 3.67. The molecule has 6 rings (SSSR count). The highest BCUT2D eigenvalue weighted by Gasteiger charge is 2.25. The molecule has 0 N–H and O–H groups in total. The molecule has 0 aliphatic carbocycles. The average molecular weight is 584 g/mol. The van der Waals surface area contributed by atoms with Crippen molar-refractivity contribution in [2.45, 2.75) is 46.0 Å². The summed E-state index contributed by atoms with van der Waals surface area (Å²) in [6.45, 7) is 4.64.